The molecular formula is C15H17NO4S2. The van der Waals surface area contributed by atoms with E-state index in [4.69, 9.17) is 5.14 Å². The summed E-state index contributed by atoms with van der Waals surface area (Å²) in [5.41, 5.74) is 0.525. The third kappa shape index (κ3) is 3.37. The third-order valence-corrected chi connectivity index (χ3v) is 5.99. The van der Waals surface area contributed by atoms with Gasteiger partial charge in [0.2, 0.25) is 19.9 Å². The van der Waals surface area contributed by atoms with Gasteiger partial charge in [-0.3, -0.25) is 0 Å². The van der Waals surface area contributed by atoms with Gasteiger partial charge in [-0.05, 0) is 36.2 Å². The molecule has 0 saturated heterocycles. The second-order valence-electron chi connectivity index (χ2n) is 4.88. The van der Waals surface area contributed by atoms with E-state index >= 15 is 0 Å². The first-order valence-corrected chi connectivity index (χ1v) is 9.75. The predicted octanol–water partition coefficient (Wildman–Crippen LogP) is 2.12. The quantitative estimate of drug-likeness (QED) is 0.902. The molecule has 0 spiro atoms. The Hall–Kier alpha value is -1.70. The molecule has 0 radical (unpaired) electrons. The zero-order chi connectivity index (χ0) is 16.4. The number of sulfone groups is 1. The summed E-state index contributed by atoms with van der Waals surface area (Å²) >= 11 is 0. The molecule has 0 aliphatic rings. The molecule has 0 unspecified atom stereocenters. The highest BCUT2D eigenvalue weighted by molar-refractivity contribution is 7.91. The van der Waals surface area contributed by atoms with E-state index in [0.29, 0.717) is 12.0 Å². The molecule has 118 valence electrons. The van der Waals surface area contributed by atoms with Crippen molar-refractivity contribution in [3.63, 3.8) is 0 Å². The van der Waals surface area contributed by atoms with Crippen molar-refractivity contribution in [2.75, 3.05) is 0 Å². The van der Waals surface area contributed by atoms with Crippen molar-refractivity contribution < 1.29 is 16.8 Å². The maximum atomic E-state index is 12.5. The fraction of sp³-hybridized carbons (Fsp3) is 0.200. The Morgan fingerprint density at radius 3 is 2.09 bits per heavy atom. The highest BCUT2D eigenvalue weighted by Crippen LogP contribution is 2.25. The summed E-state index contributed by atoms with van der Waals surface area (Å²) in [5.74, 6) is 0. The predicted molar refractivity (Wildman–Crippen MR) is 83.7 cm³/mol. The molecular weight excluding hydrogens is 322 g/mol. The molecule has 0 aliphatic heterocycles. The SMILES string of the molecule is CCCc1ccc(S(=O)(=O)c2ccccc2)cc1S(N)(=O)=O. The van der Waals surface area contributed by atoms with Gasteiger partial charge in [0.05, 0.1) is 14.7 Å². The highest BCUT2D eigenvalue weighted by atomic mass is 32.2. The molecule has 0 atom stereocenters. The average molecular weight is 339 g/mol. The van der Waals surface area contributed by atoms with Crippen LogP contribution in [0.15, 0.2) is 63.2 Å². The van der Waals surface area contributed by atoms with E-state index < -0.39 is 19.9 Å². The number of hydrogen-bond donors (Lipinski definition) is 1. The smallest absolute Gasteiger partial charge is 0.225 e. The van der Waals surface area contributed by atoms with Gasteiger partial charge in [0.1, 0.15) is 0 Å². The van der Waals surface area contributed by atoms with Gasteiger partial charge in [-0.25, -0.2) is 22.0 Å². The maximum Gasteiger partial charge on any atom is 0.238 e. The van der Waals surface area contributed by atoms with Gasteiger partial charge in [-0.2, -0.15) is 0 Å². The Balaban J connectivity index is 2.64. The number of sulfonamides is 1. The van der Waals surface area contributed by atoms with Gasteiger partial charge in [-0.15, -0.1) is 0 Å². The van der Waals surface area contributed by atoms with Crippen molar-refractivity contribution in [1.29, 1.82) is 0 Å². The zero-order valence-corrected chi connectivity index (χ0v) is 13.7. The second-order valence-corrected chi connectivity index (χ2v) is 8.36. The molecule has 0 heterocycles. The van der Waals surface area contributed by atoms with Crippen molar-refractivity contribution in [1.82, 2.24) is 0 Å². The van der Waals surface area contributed by atoms with E-state index in [9.17, 15) is 16.8 Å². The first kappa shape index (κ1) is 16.7. The van der Waals surface area contributed by atoms with E-state index in [2.05, 4.69) is 0 Å². The van der Waals surface area contributed by atoms with Crippen molar-refractivity contribution >= 4 is 19.9 Å². The molecule has 0 bridgehead atoms. The topological polar surface area (TPSA) is 94.3 Å². The molecule has 7 heteroatoms. The van der Waals surface area contributed by atoms with Crippen LogP contribution in [0.2, 0.25) is 0 Å². The van der Waals surface area contributed by atoms with Crippen molar-refractivity contribution in [3.8, 4) is 0 Å². The van der Waals surface area contributed by atoms with Crippen LogP contribution in [0.25, 0.3) is 0 Å². The Bertz CT molecular complexity index is 873. The van der Waals surface area contributed by atoms with Crippen molar-refractivity contribution in [2.45, 2.75) is 34.5 Å². The molecule has 0 aliphatic carbocycles. The highest BCUT2D eigenvalue weighted by Gasteiger charge is 2.22. The first-order chi connectivity index (χ1) is 10.3. The van der Waals surface area contributed by atoms with E-state index in [1.165, 1.54) is 24.3 Å². The number of aryl methyl sites for hydroxylation is 1. The Labute approximate surface area is 130 Å². The van der Waals surface area contributed by atoms with Gasteiger partial charge < -0.3 is 0 Å². The number of primary sulfonamides is 1. The average Bonchev–Trinajstić information content (AvgIpc) is 2.47. The minimum atomic E-state index is -3.99. The molecule has 0 fully saturated rings. The van der Waals surface area contributed by atoms with E-state index in [0.717, 1.165) is 12.5 Å². The molecule has 0 amide bonds. The lowest BCUT2D eigenvalue weighted by Crippen LogP contribution is -2.16. The first-order valence-electron chi connectivity index (χ1n) is 6.72. The van der Waals surface area contributed by atoms with Crippen LogP contribution in [-0.2, 0) is 26.3 Å². The minimum absolute atomic E-state index is 0.0809. The van der Waals surface area contributed by atoms with Crippen LogP contribution in [0.4, 0.5) is 0 Å². The van der Waals surface area contributed by atoms with Gasteiger partial charge in [0, 0.05) is 0 Å². The maximum absolute atomic E-state index is 12.5. The van der Waals surface area contributed by atoms with E-state index in [-0.39, 0.29) is 14.7 Å². The van der Waals surface area contributed by atoms with Crippen LogP contribution in [-0.4, -0.2) is 16.8 Å². The summed E-state index contributed by atoms with van der Waals surface area (Å²) in [7, 11) is -7.76. The van der Waals surface area contributed by atoms with Gasteiger partial charge in [0.25, 0.3) is 0 Å². The minimum Gasteiger partial charge on any atom is -0.225 e. The number of benzene rings is 2. The van der Waals surface area contributed by atoms with Crippen LogP contribution in [0, 0.1) is 0 Å². The van der Waals surface area contributed by atoms with Crippen LogP contribution in [0.1, 0.15) is 18.9 Å². The zero-order valence-electron chi connectivity index (χ0n) is 12.1. The molecule has 0 saturated carbocycles. The summed E-state index contributed by atoms with van der Waals surface area (Å²) in [5, 5.41) is 5.22. The molecule has 5 nitrogen and oxygen atoms in total. The van der Waals surface area contributed by atoms with Crippen LogP contribution >= 0.6 is 0 Å². The molecule has 2 aromatic rings. The largest absolute Gasteiger partial charge is 0.238 e. The second kappa shape index (κ2) is 6.20. The standard InChI is InChI=1S/C15H17NO4S2/c1-2-6-12-9-10-14(11-15(12)22(16,19)20)21(17,18)13-7-4-3-5-8-13/h3-5,7-11H,2,6H2,1H3,(H2,16,19,20). The van der Waals surface area contributed by atoms with Crippen LogP contribution in [0.3, 0.4) is 0 Å². The Kier molecular flexibility index (Phi) is 4.69. The third-order valence-electron chi connectivity index (χ3n) is 3.23. The van der Waals surface area contributed by atoms with E-state index in [1.54, 1.807) is 18.2 Å². The van der Waals surface area contributed by atoms with Gasteiger partial charge in [0.15, 0.2) is 0 Å². The fourth-order valence-electron chi connectivity index (χ4n) is 2.18. The fourth-order valence-corrected chi connectivity index (χ4v) is 4.39. The van der Waals surface area contributed by atoms with Crippen molar-refractivity contribution in [2.24, 2.45) is 5.14 Å². The summed E-state index contributed by atoms with van der Waals surface area (Å²) in [6.07, 6.45) is 1.24. The van der Waals surface area contributed by atoms with Gasteiger partial charge in [-0.1, -0.05) is 37.6 Å². The number of nitrogens with two attached hydrogens (primary N) is 1. The summed E-state index contributed by atoms with van der Waals surface area (Å²) < 4.78 is 48.5. The Morgan fingerprint density at radius 1 is 0.909 bits per heavy atom. The molecule has 0 aromatic heterocycles. The molecule has 2 N–H and O–H groups in total. The van der Waals surface area contributed by atoms with Crippen molar-refractivity contribution in [3.05, 3.63) is 54.1 Å². The summed E-state index contributed by atoms with van der Waals surface area (Å²) in [4.78, 5) is -0.104. The molecule has 22 heavy (non-hydrogen) atoms. The Morgan fingerprint density at radius 2 is 1.55 bits per heavy atom. The molecule has 2 aromatic carbocycles. The lowest BCUT2D eigenvalue weighted by molar-refractivity contribution is 0.594. The van der Waals surface area contributed by atoms with E-state index in [1.807, 2.05) is 6.92 Å². The van der Waals surface area contributed by atoms with Gasteiger partial charge >= 0.3 is 0 Å². The van der Waals surface area contributed by atoms with Crippen LogP contribution in [0.5, 0.6) is 0 Å². The lowest BCUT2D eigenvalue weighted by atomic mass is 10.1. The summed E-state index contributed by atoms with van der Waals surface area (Å²) in [6, 6.07) is 11.9. The molecule has 2 rings (SSSR count). The normalized spacial score (nSPS) is 12.3. The van der Waals surface area contributed by atoms with Crippen LogP contribution < -0.4 is 5.14 Å². The lowest BCUT2D eigenvalue weighted by Gasteiger charge is -2.10. The monoisotopic (exact) mass is 339 g/mol. The number of rotatable bonds is 5. The summed E-state index contributed by atoms with van der Waals surface area (Å²) in [6.45, 7) is 1.90. The number of hydrogen-bond acceptors (Lipinski definition) is 4.